The molecule has 4 amide bonds. The maximum atomic E-state index is 13.9. The van der Waals surface area contributed by atoms with Crippen LogP contribution in [0.2, 0.25) is 0 Å². The second-order valence-electron chi connectivity index (χ2n) is 12.9. The van der Waals surface area contributed by atoms with Crippen molar-refractivity contribution in [2.24, 2.45) is 17.8 Å². The molecule has 0 unspecified atom stereocenters. The van der Waals surface area contributed by atoms with E-state index in [1.807, 2.05) is 19.1 Å². The Morgan fingerprint density at radius 2 is 1.90 bits per heavy atom. The monoisotopic (exact) mass is 681 g/mol. The highest BCUT2D eigenvalue weighted by molar-refractivity contribution is 7.91. The highest BCUT2D eigenvalue weighted by Crippen LogP contribution is 2.46. The van der Waals surface area contributed by atoms with Crippen LogP contribution in [0.15, 0.2) is 60.4 Å². The number of hydrogen-bond acceptors (Lipinski definition) is 9. The van der Waals surface area contributed by atoms with Crippen molar-refractivity contribution in [3.8, 4) is 11.5 Å². The lowest BCUT2D eigenvalue weighted by atomic mass is 9.93. The molecule has 3 saturated carbocycles. The van der Waals surface area contributed by atoms with Crippen LogP contribution in [-0.2, 0) is 29.1 Å². The number of aryl methyl sites for hydroxylation is 1. The summed E-state index contributed by atoms with van der Waals surface area (Å²) in [6, 6.07) is 5.37. The molecule has 1 aromatic heterocycles. The third kappa shape index (κ3) is 7.80. The van der Waals surface area contributed by atoms with E-state index in [2.05, 4.69) is 33.5 Å². The van der Waals surface area contributed by atoms with Crippen molar-refractivity contribution in [1.82, 2.24) is 19.9 Å². The van der Waals surface area contributed by atoms with Gasteiger partial charge in [-0.3, -0.25) is 24.4 Å². The molecule has 3 aliphatic carbocycles. The number of aromatic nitrogens is 1. The SMILES string of the molecule is C=CCCCCN(C)C(=O)[C@@H]1C[C@H](OC(=O)Nc2cc(C)ccc2-c2ncco2)C[C@H]1C(=O)N[C@]1(C(=O)NS(=O)(=O)C2CC2)C[C@H]1C=C. The van der Waals surface area contributed by atoms with Gasteiger partial charge in [-0.25, -0.2) is 18.2 Å². The summed E-state index contributed by atoms with van der Waals surface area (Å²) in [5.74, 6) is -3.65. The maximum absolute atomic E-state index is 13.9. The number of anilines is 1. The summed E-state index contributed by atoms with van der Waals surface area (Å²) in [4.78, 5) is 59.9. The van der Waals surface area contributed by atoms with Crippen molar-refractivity contribution < 1.29 is 36.7 Å². The number of nitrogens with zero attached hydrogens (tertiary/aromatic N) is 2. The molecule has 3 aliphatic rings. The molecular weight excluding hydrogens is 638 g/mol. The molecule has 48 heavy (non-hydrogen) atoms. The quantitative estimate of drug-likeness (QED) is 0.185. The Labute approximate surface area is 280 Å². The van der Waals surface area contributed by atoms with Crippen molar-refractivity contribution in [2.45, 2.75) is 75.2 Å². The molecule has 1 heterocycles. The van der Waals surface area contributed by atoms with E-state index in [-0.39, 0.29) is 25.2 Å². The Bertz CT molecular complexity index is 1670. The first-order valence-electron chi connectivity index (χ1n) is 16.2. The van der Waals surface area contributed by atoms with Gasteiger partial charge in [0, 0.05) is 19.5 Å². The van der Waals surface area contributed by atoms with Crippen LogP contribution in [0.3, 0.4) is 0 Å². The summed E-state index contributed by atoms with van der Waals surface area (Å²) >= 11 is 0. The smallest absolute Gasteiger partial charge is 0.411 e. The standard InChI is InChI=1S/C34H43N5O8S/c1-5-7-8-9-15-39(4)31(41)27-19-23(47-33(43)36-28-17-21(3)10-13-25(28)30-35-14-16-46-30)18-26(27)29(40)37-34(20-22(34)6-2)32(42)38-48(44,45)24-11-12-24/h5-6,10,13-14,16-17,22-24,26-27H,1-2,7-9,11-12,15,18-20H2,3-4H3,(H,36,43)(H,37,40)(H,38,42)/t22-,23-,26-,27-,34-/m1/s1. The van der Waals surface area contributed by atoms with Gasteiger partial charge in [0.15, 0.2) is 0 Å². The predicted molar refractivity (Wildman–Crippen MR) is 178 cm³/mol. The van der Waals surface area contributed by atoms with Crippen LogP contribution in [0.5, 0.6) is 0 Å². The Balaban J connectivity index is 1.31. The van der Waals surface area contributed by atoms with E-state index < -0.39 is 62.6 Å². The van der Waals surface area contributed by atoms with Crippen molar-refractivity contribution in [2.75, 3.05) is 18.9 Å². The zero-order valence-electron chi connectivity index (χ0n) is 27.3. The van der Waals surface area contributed by atoms with Crippen molar-refractivity contribution >= 4 is 39.5 Å². The summed E-state index contributed by atoms with van der Waals surface area (Å²) in [5, 5.41) is 4.90. The molecule has 0 bridgehead atoms. The number of carbonyl (C=O) groups is 4. The molecule has 258 valence electrons. The lowest BCUT2D eigenvalue weighted by Crippen LogP contribution is -2.54. The van der Waals surface area contributed by atoms with Crippen molar-refractivity contribution in [3.05, 3.63) is 61.5 Å². The summed E-state index contributed by atoms with van der Waals surface area (Å²) in [6.45, 7) is 9.80. The number of allylic oxidation sites excluding steroid dienone is 1. The van der Waals surface area contributed by atoms with E-state index in [0.717, 1.165) is 24.8 Å². The molecule has 0 radical (unpaired) electrons. The number of unbranched alkanes of at least 4 members (excludes halogenated alkanes) is 2. The van der Waals surface area contributed by atoms with Crippen LogP contribution >= 0.6 is 0 Å². The number of nitrogens with one attached hydrogen (secondary N) is 3. The Morgan fingerprint density at radius 3 is 2.54 bits per heavy atom. The average Bonchev–Trinajstić information content (AvgIpc) is 3.92. The number of benzene rings is 1. The molecule has 5 rings (SSSR count). The highest BCUT2D eigenvalue weighted by atomic mass is 32.2. The summed E-state index contributed by atoms with van der Waals surface area (Å²) in [5.41, 5.74) is 0.342. The fourth-order valence-corrected chi connectivity index (χ4v) is 7.67. The molecule has 0 aliphatic heterocycles. The van der Waals surface area contributed by atoms with Gasteiger partial charge in [-0.05, 0) is 76.0 Å². The second-order valence-corrected chi connectivity index (χ2v) is 14.9. The minimum Gasteiger partial charge on any atom is -0.446 e. The predicted octanol–water partition coefficient (Wildman–Crippen LogP) is 4.08. The molecule has 13 nitrogen and oxygen atoms in total. The van der Waals surface area contributed by atoms with E-state index in [0.29, 0.717) is 36.5 Å². The van der Waals surface area contributed by atoms with Gasteiger partial charge in [-0.2, -0.15) is 0 Å². The molecular formula is C34H43N5O8S. The van der Waals surface area contributed by atoms with Crippen LogP contribution in [0.1, 0.15) is 56.9 Å². The normalized spacial score (nSPS) is 24.6. The largest absolute Gasteiger partial charge is 0.446 e. The Morgan fingerprint density at radius 1 is 1.15 bits per heavy atom. The number of hydrogen-bond donors (Lipinski definition) is 3. The van der Waals surface area contributed by atoms with Gasteiger partial charge in [0.25, 0.3) is 5.91 Å². The molecule has 1 aromatic carbocycles. The number of oxazole rings is 1. The highest BCUT2D eigenvalue weighted by Gasteiger charge is 2.62. The molecule has 0 saturated heterocycles. The van der Waals surface area contributed by atoms with Gasteiger partial charge >= 0.3 is 6.09 Å². The first kappa shape index (κ1) is 34.9. The second kappa shape index (κ2) is 14.3. The van der Waals surface area contributed by atoms with Gasteiger partial charge < -0.3 is 19.4 Å². The third-order valence-electron chi connectivity index (χ3n) is 9.30. The molecule has 0 spiro atoms. The van der Waals surface area contributed by atoms with Gasteiger partial charge in [-0.15, -0.1) is 13.2 Å². The summed E-state index contributed by atoms with van der Waals surface area (Å²) in [6.07, 6.45) is 8.29. The zero-order chi connectivity index (χ0) is 34.6. The minimum absolute atomic E-state index is 0.0250. The van der Waals surface area contributed by atoms with Crippen LogP contribution in [0.25, 0.3) is 11.5 Å². The zero-order valence-corrected chi connectivity index (χ0v) is 28.1. The molecule has 2 aromatic rings. The van der Waals surface area contributed by atoms with E-state index in [1.165, 1.54) is 18.5 Å². The van der Waals surface area contributed by atoms with Crippen LogP contribution in [0, 0.1) is 24.7 Å². The average molecular weight is 682 g/mol. The van der Waals surface area contributed by atoms with Crippen molar-refractivity contribution in [3.63, 3.8) is 0 Å². The molecule has 3 N–H and O–H groups in total. The molecule has 14 heteroatoms. The number of rotatable bonds is 15. The maximum Gasteiger partial charge on any atom is 0.411 e. The van der Waals surface area contributed by atoms with Crippen LogP contribution < -0.4 is 15.4 Å². The first-order valence-corrected chi connectivity index (χ1v) is 17.8. The molecule has 5 atom stereocenters. The van der Waals surface area contributed by atoms with E-state index in [9.17, 15) is 27.6 Å². The number of carbonyl (C=O) groups excluding carboxylic acids is 4. The lowest BCUT2D eigenvalue weighted by Gasteiger charge is -2.26. The Kier molecular flexibility index (Phi) is 10.4. The lowest BCUT2D eigenvalue weighted by molar-refractivity contribution is -0.140. The van der Waals surface area contributed by atoms with E-state index >= 15 is 0 Å². The number of ether oxygens (including phenoxy) is 1. The van der Waals surface area contributed by atoms with Gasteiger partial charge in [0.05, 0.1) is 34.5 Å². The van der Waals surface area contributed by atoms with Crippen LogP contribution in [0.4, 0.5) is 10.5 Å². The number of amides is 4. The summed E-state index contributed by atoms with van der Waals surface area (Å²) < 4.78 is 38.4. The van der Waals surface area contributed by atoms with Gasteiger partial charge in [0.1, 0.15) is 17.9 Å². The third-order valence-corrected chi connectivity index (χ3v) is 11.1. The molecule has 3 fully saturated rings. The van der Waals surface area contributed by atoms with E-state index in [4.69, 9.17) is 9.15 Å². The Hall–Kier alpha value is -4.46. The fraction of sp³-hybridized carbons (Fsp3) is 0.500. The topological polar surface area (TPSA) is 177 Å². The van der Waals surface area contributed by atoms with Crippen molar-refractivity contribution in [1.29, 1.82) is 0 Å². The van der Waals surface area contributed by atoms with Gasteiger partial charge in [-0.1, -0.05) is 18.2 Å². The van der Waals surface area contributed by atoms with E-state index in [1.54, 1.807) is 24.1 Å². The number of sulfonamides is 1. The first-order chi connectivity index (χ1) is 22.9. The van der Waals surface area contributed by atoms with Crippen LogP contribution in [-0.4, -0.2) is 72.6 Å². The fourth-order valence-electron chi connectivity index (χ4n) is 6.30. The summed E-state index contributed by atoms with van der Waals surface area (Å²) in [7, 11) is -2.19. The minimum atomic E-state index is -3.86. The van der Waals surface area contributed by atoms with Gasteiger partial charge in [0.2, 0.25) is 27.7 Å².